The number of nitrogens with two attached hydrogens (primary N) is 1. The molecule has 0 fully saturated rings. The number of aromatic nitrogens is 1. The Bertz CT molecular complexity index is 531. The molecular weight excluding hydrogens is 304 g/mol. The van der Waals surface area contributed by atoms with Gasteiger partial charge in [0.15, 0.2) is 0 Å². The molecule has 0 saturated heterocycles. The third-order valence-corrected chi connectivity index (χ3v) is 3.15. The largest absolute Gasteiger partial charge is 0.367 e. The predicted molar refractivity (Wildman–Crippen MR) is 73.2 cm³/mol. The van der Waals surface area contributed by atoms with Gasteiger partial charge in [0.1, 0.15) is 5.69 Å². The van der Waals surface area contributed by atoms with Gasteiger partial charge in [0, 0.05) is 20.6 Å². The third kappa shape index (κ3) is 2.48. The zero-order chi connectivity index (χ0) is 12.6. The lowest BCUT2D eigenvalue weighted by Crippen LogP contribution is -1.94. The quantitative estimate of drug-likeness (QED) is 0.890. The van der Waals surface area contributed by atoms with Crippen molar-refractivity contribution in [3.63, 3.8) is 0 Å². The molecule has 0 bridgehead atoms. The summed E-state index contributed by atoms with van der Waals surface area (Å²) in [6, 6.07) is 5.61. The summed E-state index contributed by atoms with van der Waals surface area (Å²) in [5.74, 6) is 0.611. The lowest BCUT2D eigenvalue weighted by molar-refractivity contribution is 0.438. The Morgan fingerprint density at radius 3 is 2.65 bits per heavy atom. The van der Waals surface area contributed by atoms with E-state index in [4.69, 9.17) is 21.9 Å². The van der Waals surface area contributed by atoms with Crippen LogP contribution in [0, 0.1) is 0 Å². The van der Waals surface area contributed by atoms with Crippen molar-refractivity contribution in [2.24, 2.45) is 0 Å². The highest BCUT2D eigenvalue weighted by Crippen LogP contribution is 2.35. The molecule has 5 heteroatoms. The summed E-state index contributed by atoms with van der Waals surface area (Å²) in [5.41, 5.74) is 8.35. The van der Waals surface area contributed by atoms with Gasteiger partial charge in [-0.3, -0.25) is 0 Å². The number of nitrogens with zero attached hydrogens (tertiary/aromatic N) is 1. The van der Waals surface area contributed by atoms with Gasteiger partial charge in [0.2, 0.25) is 5.88 Å². The molecule has 0 aliphatic carbocycles. The average molecular weight is 316 g/mol. The molecule has 1 aromatic heterocycles. The first-order valence-electron chi connectivity index (χ1n) is 5.20. The van der Waals surface area contributed by atoms with Crippen LogP contribution >= 0.6 is 27.5 Å². The maximum absolute atomic E-state index is 6.02. The average Bonchev–Trinajstić information content (AvgIpc) is 2.58. The van der Waals surface area contributed by atoms with Gasteiger partial charge in [0.05, 0.1) is 0 Å². The second-order valence-electron chi connectivity index (χ2n) is 4.12. The van der Waals surface area contributed by atoms with Gasteiger partial charge in [-0.25, -0.2) is 0 Å². The predicted octanol–water partition coefficient (Wildman–Crippen LogP) is 4.46. The van der Waals surface area contributed by atoms with Crippen molar-refractivity contribution < 1.29 is 4.52 Å². The molecule has 0 saturated carbocycles. The minimum absolute atomic E-state index is 0.244. The molecule has 0 aliphatic rings. The molecule has 2 aromatic rings. The van der Waals surface area contributed by atoms with Crippen molar-refractivity contribution in [2.45, 2.75) is 19.8 Å². The summed E-state index contributed by atoms with van der Waals surface area (Å²) in [7, 11) is 0. The second-order valence-corrected chi connectivity index (χ2v) is 5.47. The smallest absolute Gasteiger partial charge is 0.226 e. The summed E-state index contributed by atoms with van der Waals surface area (Å²) >= 11 is 9.42. The number of nitrogen functional groups attached to an aromatic ring is 1. The van der Waals surface area contributed by atoms with E-state index in [0.717, 1.165) is 21.3 Å². The Morgan fingerprint density at radius 1 is 1.35 bits per heavy atom. The molecule has 0 amide bonds. The van der Waals surface area contributed by atoms with E-state index in [2.05, 4.69) is 21.1 Å². The number of halogens is 2. The molecule has 3 nitrogen and oxygen atoms in total. The summed E-state index contributed by atoms with van der Waals surface area (Å²) in [6.45, 7) is 4.10. The van der Waals surface area contributed by atoms with E-state index in [9.17, 15) is 0 Å². The van der Waals surface area contributed by atoms with E-state index >= 15 is 0 Å². The maximum Gasteiger partial charge on any atom is 0.226 e. The molecule has 90 valence electrons. The van der Waals surface area contributed by atoms with Crippen LogP contribution in [0.1, 0.15) is 25.3 Å². The molecule has 0 radical (unpaired) electrons. The van der Waals surface area contributed by atoms with E-state index < -0.39 is 0 Å². The van der Waals surface area contributed by atoms with Crippen LogP contribution in [0.2, 0.25) is 5.02 Å². The molecule has 0 atom stereocenters. The number of rotatable bonds is 2. The van der Waals surface area contributed by atoms with Crippen molar-refractivity contribution in [1.29, 1.82) is 0 Å². The third-order valence-electron chi connectivity index (χ3n) is 2.47. The van der Waals surface area contributed by atoms with Crippen molar-refractivity contribution in [1.82, 2.24) is 5.16 Å². The summed E-state index contributed by atoms with van der Waals surface area (Å²) < 4.78 is 5.96. The zero-order valence-electron chi connectivity index (χ0n) is 9.50. The normalized spacial score (nSPS) is 11.1. The van der Waals surface area contributed by atoms with Crippen LogP contribution in [0.4, 0.5) is 5.88 Å². The molecule has 0 unspecified atom stereocenters. The Kier molecular flexibility index (Phi) is 3.45. The fourth-order valence-corrected chi connectivity index (χ4v) is 2.63. The van der Waals surface area contributed by atoms with Gasteiger partial charge < -0.3 is 10.3 Å². The minimum atomic E-state index is 0.244. The SMILES string of the molecule is CC(C)c1c(-c2cc(Cl)cc(Br)c2)noc1N. The number of benzene rings is 1. The number of anilines is 1. The van der Waals surface area contributed by atoms with E-state index in [1.54, 1.807) is 0 Å². The zero-order valence-corrected chi connectivity index (χ0v) is 11.8. The van der Waals surface area contributed by atoms with Crippen LogP contribution < -0.4 is 5.73 Å². The van der Waals surface area contributed by atoms with Crippen LogP contribution in [0.25, 0.3) is 11.3 Å². The van der Waals surface area contributed by atoms with Crippen LogP contribution in [-0.4, -0.2) is 5.16 Å². The van der Waals surface area contributed by atoms with Crippen molar-refractivity contribution in [3.8, 4) is 11.3 Å². The Labute approximate surface area is 113 Å². The molecule has 17 heavy (non-hydrogen) atoms. The van der Waals surface area contributed by atoms with Crippen LogP contribution in [0.3, 0.4) is 0 Å². The topological polar surface area (TPSA) is 52.0 Å². The van der Waals surface area contributed by atoms with Gasteiger partial charge in [-0.2, -0.15) is 0 Å². The highest BCUT2D eigenvalue weighted by atomic mass is 79.9. The lowest BCUT2D eigenvalue weighted by atomic mass is 9.99. The number of hydrogen-bond donors (Lipinski definition) is 1. The molecule has 1 heterocycles. The minimum Gasteiger partial charge on any atom is -0.367 e. The fourth-order valence-electron chi connectivity index (χ4n) is 1.77. The molecule has 2 rings (SSSR count). The van der Waals surface area contributed by atoms with Crippen LogP contribution in [0.15, 0.2) is 27.2 Å². The van der Waals surface area contributed by atoms with Gasteiger partial charge in [-0.1, -0.05) is 46.5 Å². The van der Waals surface area contributed by atoms with Crippen LogP contribution in [-0.2, 0) is 0 Å². The Morgan fingerprint density at radius 2 is 2.06 bits per heavy atom. The summed E-state index contributed by atoms with van der Waals surface area (Å²) in [6.07, 6.45) is 0. The number of hydrogen-bond acceptors (Lipinski definition) is 3. The standard InChI is InChI=1S/C12H12BrClN2O/c1-6(2)10-11(16-17-12(10)15)7-3-8(13)5-9(14)4-7/h3-6H,15H2,1-2H3. The highest BCUT2D eigenvalue weighted by molar-refractivity contribution is 9.10. The molecule has 0 aliphatic heterocycles. The first-order chi connectivity index (χ1) is 7.99. The van der Waals surface area contributed by atoms with Gasteiger partial charge in [0.25, 0.3) is 0 Å². The Balaban J connectivity index is 2.60. The first-order valence-corrected chi connectivity index (χ1v) is 6.37. The van der Waals surface area contributed by atoms with Crippen molar-refractivity contribution in [2.75, 3.05) is 5.73 Å². The summed E-state index contributed by atoms with van der Waals surface area (Å²) in [4.78, 5) is 0. The first kappa shape index (κ1) is 12.5. The molecule has 2 N–H and O–H groups in total. The Hall–Kier alpha value is -1.00. The molecule has 1 aromatic carbocycles. The van der Waals surface area contributed by atoms with Crippen molar-refractivity contribution in [3.05, 3.63) is 33.3 Å². The van der Waals surface area contributed by atoms with Crippen molar-refractivity contribution >= 4 is 33.4 Å². The van der Waals surface area contributed by atoms with Gasteiger partial charge in [-0.15, -0.1) is 0 Å². The van der Waals surface area contributed by atoms with Gasteiger partial charge >= 0.3 is 0 Å². The van der Waals surface area contributed by atoms with E-state index in [-0.39, 0.29) is 5.92 Å². The van der Waals surface area contributed by atoms with E-state index in [1.807, 2.05) is 32.0 Å². The van der Waals surface area contributed by atoms with Crippen LogP contribution in [0.5, 0.6) is 0 Å². The highest BCUT2D eigenvalue weighted by Gasteiger charge is 2.18. The van der Waals surface area contributed by atoms with E-state index in [0.29, 0.717) is 10.9 Å². The molecular formula is C12H12BrClN2O. The lowest BCUT2D eigenvalue weighted by Gasteiger charge is -2.06. The second kappa shape index (κ2) is 4.70. The molecule has 0 spiro atoms. The fraction of sp³-hybridized carbons (Fsp3) is 0.250. The summed E-state index contributed by atoms with van der Waals surface area (Å²) in [5, 5.41) is 4.65. The monoisotopic (exact) mass is 314 g/mol. The van der Waals surface area contributed by atoms with E-state index in [1.165, 1.54) is 0 Å². The maximum atomic E-state index is 6.02. The van der Waals surface area contributed by atoms with Gasteiger partial charge in [-0.05, 0) is 24.1 Å².